The van der Waals surface area contributed by atoms with Crippen molar-refractivity contribution >= 4 is 0 Å². The van der Waals surface area contributed by atoms with Crippen LogP contribution in [0.4, 0.5) is 0 Å². The molecule has 0 aliphatic carbocycles. The van der Waals surface area contributed by atoms with Crippen LogP contribution in [-0.4, -0.2) is 87.5 Å². The first-order chi connectivity index (χ1) is 8.81. The van der Waals surface area contributed by atoms with Gasteiger partial charge >= 0.3 is 0 Å². The molecule has 0 aromatic heterocycles. The van der Waals surface area contributed by atoms with E-state index in [1.54, 1.807) is 0 Å². The van der Waals surface area contributed by atoms with E-state index >= 15 is 0 Å². The third-order valence-electron chi connectivity index (χ3n) is 1.87. The molecule has 0 aromatic rings. The Morgan fingerprint density at radius 2 is 1.11 bits per heavy atom. The van der Waals surface area contributed by atoms with Crippen LogP contribution in [-0.2, 0) is 18.9 Å². The zero-order valence-electron chi connectivity index (χ0n) is 10.6. The molecule has 0 fully saturated rings. The van der Waals surface area contributed by atoms with Crippen molar-refractivity contribution in [3.05, 3.63) is 0 Å². The second-order valence-corrected chi connectivity index (χ2v) is 3.47. The van der Waals surface area contributed by atoms with Gasteiger partial charge in [0.1, 0.15) is 6.10 Å². The highest BCUT2D eigenvalue weighted by molar-refractivity contribution is 4.48. The van der Waals surface area contributed by atoms with Gasteiger partial charge in [0.05, 0.1) is 66.1 Å². The lowest BCUT2D eigenvalue weighted by Gasteiger charge is -2.09. The van der Waals surface area contributed by atoms with Crippen molar-refractivity contribution in [3.8, 4) is 0 Å². The summed E-state index contributed by atoms with van der Waals surface area (Å²) in [5, 5.41) is 25.9. The highest BCUT2D eigenvalue weighted by atomic mass is 16.6. The molecule has 110 valence electrons. The van der Waals surface area contributed by atoms with Gasteiger partial charge in [0, 0.05) is 0 Å². The Labute approximate surface area is 107 Å². The zero-order valence-corrected chi connectivity index (χ0v) is 10.6. The number of aliphatic hydroxyl groups excluding tert-OH is 3. The standard InChI is InChI=1S/C11H24O7/c12-1-2-15-3-4-16-5-6-17-7-8-18-10-11(14)9-13/h11-14H,1-10H2. The fourth-order valence-corrected chi connectivity index (χ4v) is 0.996. The molecular formula is C11H24O7. The lowest BCUT2D eigenvalue weighted by Crippen LogP contribution is -2.21. The minimum atomic E-state index is -0.827. The van der Waals surface area contributed by atoms with E-state index in [1.165, 1.54) is 0 Å². The van der Waals surface area contributed by atoms with E-state index in [0.717, 1.165) is 0 Å². The summed E-state index contributed by atoms with van der Waals surface area (Å²) in [6.45, 7) is 2.83. The highest BCUT2D eigenvalue weighted by Crippen LogP contribution is 1.85. The average Bonchev–Trinajstić information content (AvgIpc) is 2.39. The second-order valence-electron chi connectivity index (χ2n) is 3.47. The normalized spacial score (nSPS) is 12.8. The quantitative estimate of drug-likeness (QED) is 0.326. The molecule has 0 radical (unpaired) electrons. The van der Waals surface area contributed by atoms with Crippen molar-refractivity contribution in [2.45, 2.75) is 6.10 Å². The van der Waals surface area contributed by atoms with Gasteiger partial charge in [-0.1, -0.05) is 0 Å². The molecule has 0 aromatic carbocycles. The van der Waals surface area contributed by atoms with Gasteiger partial charge in [-0.2, -0.15) is 0 Å². The number of ether oxygens (including phenoxy) is 4. The lowest BCUT2D eigenvalue weighted by molar-refractivity contribution is -0.0275. The lowest BCUT2D eigenvalue weighted by atomic mass is 10.4. The first-order valence-electron chi connectivity index (χ1n) is 6.02. The Kier molecular flexibility index (Phi) is 14.5. The van der Waals surface area contributed by atoms with Crippen LogP contribution in [0.25, 0.3) is 0 Å². The molecule has 0 saturated heterocycles. The SMILES string of the molecule is OCCOCCOCCOCCOCC(O)CO. The monoisotopic (exact) mass is 268 g/mol. The van der Waals surface area contributed by atoms with Crippen LogP contribution in [0.2, 0.25) is 0 Å². The van der Waals surface area contributed by atoms with E-state index in [-0.39, 0.29) is 19.8 Å². The van der Waals surface area contributed by atoms with Gasteiger partial charge in [-0.05, 0) is 0 Å². The third-order valence-corrected chi connectivity index (χ3v) is 1.87. The van der Waals surface area contributed by atoms with Crippen LogP contribution in [0.15, 0.2) is 0 Å². The molecule has 0 aliphatic rings. The van der Waals surface area contributed by atoms with Crippen molar-refractivity contribution in [3.63, 3.8) is 0 Å². The van der Waals surface area contributed by atoms with Crippen LogP contribution in [0.1, 0.15) is 0 Å². The summed E-state index contributed by atoms with van der Waals surface area (Å²) in [5.41, 5.74) is 0. The number of aliphatic hydroxyl groups is 3. The average molecular weight is 268 g/mol. The number of hydrogen-bond acceptors (Lipinski definition) is 7. The molecule has 7 nitrogen and oxygen atoms in total. The zero-order chi connectivity index (χ0) is 13.5. The predicted molar refractivity (Wildman–Crippen MR) is 63.5 cm³/mol. The smallest absolute Gasteiger partial charge is 0.100 e. The number of rotatable bonds is 14. The van der Waals surface area contributed by atoms with Crippen molar-refractivity contribution in [1.82, 2.24) is 0 Å². The highest BCUT2D eigenvalue weighted by Gasteiger charge is 2.00. The first-order valence-corrected chi connectivity index (χ1v) is 6.02. The summed E-state index contributed by atoms with van der Waals surface area (Å²) in [6, 6.07) is 0. The van der Waals surface area contributed by atoms with E-state index in [2.05, 4.69) is 0 Å². The Balaban J connectivity index is 2.94. The molecular weight excluding hydrogens is 244 g/mol. The Morgan fingerprint density at radius 3 is 1.56 bits per heavy atom. The fourth-order valence-electron chi connectivity index (χ4n) is 0.996. The Morgan fingerprint density at radius 1 is 0.667 bits per heavy atom. The first kappa shape index (κ1) is 17.7. The van der Waals surface area contributed by atoms with E-state index in [1.807, 2.05) is 0 Å². The molecule has 7 heteroatoms. The maximum Gasteiger partial charge on any atom is 0.100 e. The van der Waals surface area contributed by atoms with E-state index < -0.39 is 6.10 Å². The maximum atomic E-state index is 8.96. The van der Waals surface area contributed by atoms with Crippen LogP contribution in [0.5, 0.6) is 0 Å². The topological polar surface area (TPSA) is 97.6 Å². The van der Waals surface area contributed by atoms with E-state index in [9.17, 15) is 0 Å². The van der Waals surface area contributed by atoms with Crippen molar-refractivity contribution < 1.29 is 34.3 Å². The molecule has 0 aliphatic heterocycles. The molecule has 0 heterocycles. The van der Waals surface area contributed by atoms with Crippen LogP contribution < -0.4 is 0 Å². The van der Waals surface area contributed by atoms with Gasteiger partial charge in [0.25, 0.3) is 0 Å². The van der Waals surface area contributed by atoms with Crippen LogP contribution in [0, 0.1) is 0 Å². The largest absolute Gasteiger partial charge is 0.394 e. The molecule has 0 rings (SSSR count). The summed E-state index contributed by atoms with van der Waals surface area (Å²) < 4.78 is 20.4. The van der Waals surface area contributed by atoms with Crippen molar-refractivity contribution in [1.29, 1.82) is 0 Å². The van der Waals surface area contributed by atoms with Gasteiger partial charge in [-0.15, -0.1) is 0 Å². The van der Waals surface area contributed by atoms with Gasteiger partial charge in [0.15, 0.2) is 0 Å². The summed E-state index contributed by atoms with van der Waals surface area (Å²) in [4.78, 5) is 0. The fraction of sp³-hybridized carbons (Fsp3) is 1.00. The predicted octanol–water partition coefficient (Wildman–Crippen LogP) is -1.60. The van der Waals surface area contributed by atoms with Crippen molar-refractivity contribution in [2.24, 2.45) is 0 Å². The molecule has 1 unspecified atom stereocenters. The second kappa shape index (κ2) is 14.8. The van der Waals surface area contributed by atoms with Crippen molar-refractivity contribution in [2.75, 3.05) is 66.1 Å². The molecule has 0 spiro atoms. The molecule has 18 heavy (non-hydrogen) atoms. The van der Waals surface area contributed by atoms with E-state index in [4.69, 9.17) is 34.3 Å². The maximum absolute atomic E-state index is 8.96. The minimum Gasteiger partial charge on any atom is -0.394 e. The Hall–Kier alpha value is -0.280. The van der Waals surface area contributed by atoms with E-state index in [0.29, 0.717) is 46.2 Å². The molecule has 1 atom stereocenters. The minimum absolute atomic E-state index is 0.0219. The van der Waals surface area contributed by atoms with Gasteiger partial charge in [-0.3, -0.25) is 0 Å². The van der Waals surface area contributed by atoms with Gasteiger partial charge in [-0.25, -0.2) is 0 Å². The molecule has 0 amide bonds. The van der Waals surface area contributed by atoms with Crippen LogP contribution >= 0.6 is 0 Å². The Bertz CT molecular complexity index is 156. The van der Waals surface area contributed by atoms with Gasteiger partial charge in [0.2, 0.25) is 0 Å². The molecule has 3 N–H and O–H groups in total. The number of hydrogen-bond donors (Lipinski definition) is 3. The summed E-state index contributed by atoms with van der Waals surface area (Å²) in [6.07, 6.45) is -0.827. The van der Waals surface area contributed by atoms with Crippen LogP contribution in [0.3, 0.4) is 0 Å². The van der Waals surface area contributed by atoms with Gasteiger partial charge < -0.3 is 34.3 Å². The molecule has 0 bridgehead atoms. The molecule has 0 saturated carbocycles. The third kappa shape index (κ3) is 13.8. The summed E-state index contributed by atoms with van der Waals surface area (Å²) in [7, 11) is 0. The summed E-state index contributed by atoms with van der Waals surface area (Å²) >= 11 is 0. The summed E-state index contributed by atoms with van der Waals surface area (Å²) in [5.74, 6) is 0.